The number of hydrogen-bond acceptors (Lipinski definition) is 6. The number of non-ortho nitro benzene ring substituents is 1. The Labute approximate surface area is 151 Å². The summed E-state index contributed by atoms with van der Waals surface area (Å²) in [6.07, 6.45) is 0. The monoisotopic (exact) mass is 384 g/mol. The van der Waals surface area contributed by atoms with Crippen molar-refractivity contribution in [2.75, 3.05) is 12.4 Å². The van der Waals surface area contributed by atoms with Gasteiger partial charge in [-0.2, -0.15) is 0 Å². The lowest BCUT2D eigenvalue weighted by molar-refractivity contribution is -0.384. The minimum absolute atomic E-state index is 0.0939. The molecular weight excluding hydrogens is 370 g/mol. The Balaban J connectivity index is 0.000000527. The minimum atomic E-state index is -1.82. The van der Waals surface area contributed by atoms with Gasteiger partial charge in [-0.15, -0.1) is 0 Å². The number of aliphatic carboxylic acids is 2. The van der Waals surface area contributed by atoms with Gasteiger partial charge in [-0.3, -0.25) is 10.1 Å². The molecule has 0 bridgehead atoms. The summed E-state index contributed by atoms with van der Waals surface area (Å²) in [5, 5.41) is 28.4. The quantitative estimate of drug-likeness (QED) is 0.406. The smallest absolute Gasteiger partial charge is 0.414 e. The number of nitro groups is 1. The molecule has 0 heterocycles. The number of nitrogens with zero attached hydrogens (tertiary/aromatic N) is 1. The standard InChI is InChI=1S/C14H12F2N2O3.C2H2O4/c1-21-14-5-3-10(18(19)20)7-13(14)17-8-9-2-4-11(15)12(16)6-9;3-1(4)2(5)6/h2-7,17H,8H2,1H3;(H,3,4)(H,5,6). The molecule has 27 heavy (non-hydrogen) atoms. The van der Waals surface area contributed by atoms with E-state index in [4.69, 9.17) is 24.5 Å². The topological polar surface area (TPSA) is 139 Å². The summed E-state index contributed by atoms with van der Waals surface area (Å²) in [6, 6.07) is 7.62. The molecule has 2 aromatic rings. The number of ether oxygens (including phenoxy) is 1. The highest BCUT2D eigenvalue weighted by Gasteiger charge is 2.11. The molecule has 0 saturated heterocycles. The summed E-state index contributed by atoms with van der Waals surface area (Å²) in [5.41, 5.74) is 0.808. The van der Waals surface area contributed by atoms with Crippen LogP contribution in [0.1, 0.15) is 5.56 Å². The van der Waals surface area contributed by atoms with Crippen molar-refractivity contribution >= 4 is 23.3 Å². The molecule has 0 atom stereocenters. The lowest BCUT2D eigenvalue weighted by Gasteiger charge is -2.11. The Morgan fingerprint density at radius 1 is 1.11 bits per heavy atom. The number of nitrogens with one attached hydrogen (secondary N) is 1. The number of benzene rings is 2. The van der Waals surface area contributed by atoms with Gasteiger partial charge in [-0.1, -0.05) is 6.07 Å². The fourth-order valence-electron chi connectivity index (χ4n) is 1.79. The predicted molar refractivity (Wildman–Crippen MR) is 88.6 cm³/mol. The summed E-state index contributed by atoms with van der Waals surface area (Å²) in [6.45, 7) is 0.175. The van der Waals surface area contributed by atoms with E-state index in [1.54, 1.807) is 0 Å². The molecule has 0 aromatic heterocycles. The number of carboxylic acids is 2. The van der Waals surface area contributed by atoms with Crippen LogP contribution in [-0.4, -0.2) is 34.2 Å². The molecule has 0 aliphatic carbocycles. The lowest BCUT2D eigenvalue weighted by Crippen LogP contribution is -2.09. The number of carboxylic acid groups (broad SMARTS) is 2. The zero-order chi connectivity index (χ0) is 20.6. The Kier molecular flexibility index (Phi) is 7.61. The third-order valence-corrected chi connectivity index (χ3v) is 3.04. The molecule has 0 spiro atoms. The first kappa shape index (κ1) is 21.3. The number of halogens is 2. The van der Waals surface area contributed by atoms with Gasteiger partial charge >= 0.3 is 11.9 Å². The third-order valence-electron chi connectivity index (χ3n) is 3.04. The van der Waals surface area contributed by atoms with Gasteiger partial charge in [0.2, 0.25) is 0 Å². The number of methoxy groups -OCH3 is 1. The van der Waals surface area contributed by atoms with Crippen molar-refractivity contribution < 1.29 is 38.2 Å². The molecule has 0 radical (unpaired) electrons. The van der Waals surface area contributed by atoms with Crippen LogP contribution < -0.4 is 10.1 Å². The van der Waals surface area contributed by atoms with E-state index in [9.17, 15) is 18.9 Å². The SMILES string of the molecule is COc1ccc([N+](=O)[O-])cc1NCc1ccc(F)c(F)c1.O=C(O)C(=O)O. The van der Waals surface area contributed by atoms with E-state index in [2.05, 4.69) is 5.32 Å². The summed E-state index contributed by atoms with van der Waals surface area (Å²) < 4.78 is 31.0. The first-order valence-electron chi connectivity index (χ1n) is 7.12. The Bertz CT molecular complexity index is 847. The van der Waals surface area contributed by atoms with E-state index in [0.29, 0.717) is 17.0 Å². The molecule has 0 aliphatic heterocycles. The van der Waals surface area contributed by atoms with Crippen LogP contribution in [0, 0.1) is 21.7 Å². The van der Waals surface area contributed by atoms with Crippen molar-refractivity contribution in [3.63, 3.8) is 0 Å². The zero-order valence-electron chi connectivity index (χ0n) is 13.8. The number of carbonyl (C=O) groups is 2. The first-order chi connectivity index (χ1) is 12.6. The molecule has 0 aliphatic rings. The second kappa shape index (κ2) is 9.65. The average molecular weight is 384 g/mol. The molecule has 9 nitrogen and oxygen atoms in total. The number of anilines is 1. The highest BCUT2D eigenvalue weighted by atomic mass is 19.2. The summed E-state index contributed by atoms with van der Waals surface area (Å²) >= 11 is 0. The van der Waals surface area contributed by atoms with Crippen molar-refractivity contribution in [1.29, 1.82) is 0 Å². The normalized spacial score (nSPS) is 9.59. The van der Waals surface area contributed by atoms with Crippen molar-refractivity contribution in [3.8, 4) is 5.75 Å². The molecule has 0 fully saturated rings. The fraction of sp³-hybridized carbons (Fsp3) is 0.125. The lowest BCUT2D eigenvalue weighted by atomic mass is 10.2. The number of rotatable bonds is 5. The maximum absolute atomic E-state index is 13.1. The maximum Gasteiger partial charge on any atom is 0.414 e. The van der Waals surface area contributed by atoms with Gasteiger partial charge in [0.1, 0.15) is 5.75 Å². The van der Waals surface area contributed by atoms with E-state index >= 15 is 0 Å². The van der Waals surface area contributed by atoms with Crippen molar-refractivity contribution in [2.24, 2.45) is 0 Å². The van der Waals surface area contributed by atoms with Crippen LogP contribution in [0.4, 0.5) is 20.2 Å². The molecule has 11 heteroatoms. The molecule has 144 valence electrons. The van der Waals surface area contributed by atoms with Crippen molar-refractivity contribution in [1.82, 2.24) is 0 Å². The van der Waals surface area contributed by atoms with Crippen LogP contribution in [0.5, 0.6) is 5.75 Å². The highest BCUT2D eigenvalue weighted by Crippen LogP contribution is 2.29. The van der Waals surface area contributed by atoms with E-state index < -0.39 is 28.5 Å². The summed E-state index contributed by atoms with van der Waals surface area (Å²) in [5.74, 6) is -5.10. The van der Waals surface area contributed by atoms with Gasteiger partial charge in [0.25, 0.3) is 5.69 Å². The van der Waals surface area contributed by atoms with Gasteiger partial charge in [0, 0.05) is 18.7 Å². The molecule has 0 amide bonds. The van der Waals surface area contributed by atoms with Crippen LogP contribution in [0.15, 0.2) is 36.4 Å². The van der Waals surface area contributed by atoms with Crippen LogP contribution >= 0.6 is 0 Å². The fourth-order valence-corrected chi connectivity index (χ4v) is 1.79. The Morgan fingerprint density at radius 3 is 2.22 bits per heavy atom. The molecule has 2 aromatic carbocycles. The van der Waals surface area contributed by atoms with E-state index in [1.165, 1.54) is 31.4 Å². The van der Waals surface area contributed by atoms with E-state index in [-0.39, 0.29) is 12.2 Å². The van der Waals surface area contributed by atoms with E-state index in [0.717, 1.165) is 12.1 Å². The summed E-state index contributed by atoms with van der Waals surface area (Å²) in [4.78, 5) is 28.4. The highest BCUT2D eigenvalue weighted by molar-refractivity contribution is 6.27. The zero-order valence-corrected chi connectivity index (χ0v) is 13.8. The second-order valence-corrected chi connectivity index (χ2v) is 4.85. The number of hydrogen-bond donors (Lipinski definition) is 3. The molecule has 0 unspecified atom stereocenters. The largest absolute Gasteiger partial charge is 0.495 e. The van der Waals surface area contributed by atoms with Crippen LogP contribution in [-0.2, 0) is 16.1 Å². The minimum Gasteiger partial charge on any atom is -0.495 e. The van der Waals surface area contributed by atoms with Gasteiger partial charge in [-0.25, -0.2) is 18.4 Å². The molecule has 2 rings (SSSR count). The maximum atomic E-state index is 13.1. The molecular formula is C16H14F2N2O7. The van der Waals surface area contributed by atoms with Gasteiger partial charge < -0.3 is 20.3 Å². The van der Waals surface area contributed by atoms with Crippen molar-refractivity contribution in [2.45, 2.75) is 6.54 Å². The van der Waals surface area contributed by atoms with Crippen molar-refractivity contribution in [3.05, 3.63) is 63.7 Å². The second-order valence-electron chi connectivity index (χ2n) is 4.85. The first-order valence-corrected chi connectivity index (χ1v) is 7.12. The molecule has 3 N–H and O–H groups in total. The van der Waals surface area contributed by atoms with Crippen LogP contribution in [0.3, 0.4) is 0 Å². The van der Waals surface area contributed by atoms with Gasteiger partial charge in [0.15, 0.2) is 11.6 Å². The van der Waals surface area contributed by atoms with Gasteiger partial charge in [0.05, 0.1) is 17.7 Å². The average Bonchev–Trinajstić information content (AvgIpc) is 2.62. The van der Waals surface area contributed by atoms with Gasteiger partial charge in [-0.05, 0) is 23.8 Å². The number of nitro benzene ring substituents is 1. The summed E-state index contributed by atoms with van der Waals surface area (Å²) in [7, 11) is 1.43. The predicted octanol–water partition coefficient (Wildman–Crippen LogP) is 2.65. The van der Waals surface area contributed by atoms with E-state index in [1.807, 2.05) is 0 Å². The Hall–Kier alpha value is -3.76. The Morgan fingerprint density at radius 2 is 1.74 bits per heavy atom. The van der Waals surface area contributed by atoms with Crippen LogP contribution in [0.25, 0.3) is 0 Å². The van der Waals surface area contributed by atoms with Crippen LogP contribution in [0.2, 0.25) is 0 Å². The molecule has 0 saturated carbocycles. The third kappa shape index (κ3) is 6.57.